The molecular weight excluding hydrogens is 426 g/mol. The molecule has 31 heavy (non-hydrogen) atoms. The third kappa shape index (κ3) is 4.85. The minimum atomic E-state index is -0.124. The quantitative estimate of drug-likeness (QED) is 0.404. The van der Waals surface area contributed by atoms with Gasteiger partial charge in [-0.1, -0.05) is 43.9 Å². The van der Waals surface area contributed by atoms with Crippen LogP contribution in [0.15, 0.2) is 33.6 Å². The lowest BCUT2D eigenvalue weighted by atomic mass is 9.96. The number of ether oxygens (including phenoxy) is 1. The molecule has 1 aromatic carbocycles. The highest BCUT2D eigenvalue weighted by Gasteiger charge is 2.38. The Balaban J connectivity index is 1.56. The molecule has 1 unspecified atom stereocenters. The van der Waals surface area contributed by atoms with Crippen molar-refractivity contribution in [3.8, 4) is 17.1 Å². The molecule has 1 atom stereocenters. The van der Waals surface area contributed by atoms with E-state index in [2.05, 4.69) is 6.07 Å². The molecule has 1 aliphatic heterocycles. The zero-order valence-corrected chi connectivity index (χ0v) is 20.2. The van der Waals surface area contributed by atoms with Crippen molar-refractivity contribution < 1.29 is 13.9 Å². The standard InChI is InChI=1S/C25H31NO3S2/c1-16-13-20(17(2)22(14-16)28-3)21-12-11-19(29-21)15-23-24(27)26(25(30)31-23)18-9-7-5-4-6-8-10-18/h11-15,18,25,30H,4-10H2,1-3H3/b23-15-. The second-order valence-corrected chi connectivity index (χ2v) is 10.5. The third-order valence-corrected chi connectivity index (χ3v) is 7.82. The van der Waals surface area contributed by atoms with Gasteiger partial charge >= 0.3 is 0 Å². The summed E-state index contributed by atoms with van der Waals surface area (Å²) in [5, 5.41) is 0. The number of rotatable bonds is 4. The van der Waals surface area contributed by atoms with Crippen LogP contribution in [0, 0.1) is 13.8 Å². The van der Waals surface area contributed by atoms with E-state index in [-0.39, 0.29) is 10.6 Å². The van der Waals surface area contributed by atoms with Crippen LogP contribution in [0.4, 0.5) is 0 Å². The lowest BCUT2D eigenvalue weighted by molar-refractivity contribution is -0.127. The van der Waals surface area contributed by atoms with Crippen LogP contribution in [0.25, 0.3) is 17.4 Å². The van der Waals surface area contributed by atoms with Crippen molar-refractivity contribution in [2.45, 2.75) is 69.5 Å². The zero-order valence-electron chi connectivity index (χ0n) is 18.5. The number of amides is 1. The summed E-state index contributed by atoms with van der Waals surface area (Å²) < 4.78 is 11.5. The minimum Gasteiger partial charge on any atom is -0.496 e. The maximum atomic E-state index is 13.2. The number of carbonyl (C=O) groups is 1. The zero-order chi connectivity index (χ0) is 22.0. The Kier molecular flexibility index (Phi) is 7.07. The Hall–Kier alpha value is -1.79. The van der Waals surface area contributed by atoms with E-state index in [1.54, 1.807) is 7.11 Å². The smallest absolute Gasteiger partial charge is 0.262 e. The van der Waals surface area contributed by atoms with Gasteiger partial charge in [-0.05, 0) is 56.5 Å². The highest BCUT2D eigenvalue weighted by Crippen LogP contribution is 2.42. The Bertz CT molecular complexity index is 973. The first-order valence-electron chi connectivity index (χ1n) is 11.1. The molecule has 4 rings (SSSR count). The summed E-state index contributed by atoms with van der Waals surface area (Å²) in [6, 6.07) is 8.31. The summed E-state index contributed by atoms with van der Waals surface area (Å²) >= 11 is 6.26. The van der Waals surface area contributed by atoms with Crippen LogP contribution in [-0.4, -0.2) is 28.7 Å². The fraction of sp³-hybridized carbons (Fsp3) is 0.480. The van der Waals surface area contributed by atoms with Crippen LogP contribution in [0.2, 0.25) is 0 Å². The Labute approximate surface area is 194 Å². The molecule has 1 amide bonds. The molecule has 2 aromatic rings. The fourth-order valence-corrected chi connectivity index (χ4v) is 6.23. The highest BCUT2D eigenvalue weighted by atomic mass is 32.2. The van der Waals surface area contributed by atoms with Gasteiger partial charge in [-0.25, -0.2) is 0 Å². The predicted octanol–water partition coefficient (Wildman–Crippen LogP) is 6.81. The molecule has 166 valence electrons. The number of hydrogen-bond acceptors (Lipinski definition) is 5. The van der Waals surface area contributed by atoms with Crippen molar-refractivity contribution >= 4 is 36.4 Å². The minimum absolute atomic E-state index is 0.0851. The SMILES string of the molecule is COc1cc(C)cc(-c2ccc(/C=C3\SC(S)N(C4CCCCCCC4)C3=O)o2)c1C. The second-order valence-electron chi connectivity index (χ2n) is 8.51. The number of methoxy groups -OCH3 is 1. The first kappa shape index (κ1) is 22.4. The molecule has 0 N–H and O–H groups in total. The third-order valence-electron chi connectivity index (χ3n) is 6.27. The van der Waals surface area contributed by atoms with Gasteiger partial charge in [-0.3, -0.25) is 4.79 Å². The van der Waals surface area contributed by atoms with Crippen molar-refractivity contribution in [2.75, 3.05) is 7.11 Å². The van der Waals surface area contributed by atoms with E-state index in [1.807, 2.05) is 43.0 Å². The summed E-state index contributed by atoms with van der Waals surface area (Å²) in [5.74, 6) is 2.40. The molecule has 0 bridgehead atoms. The fourth-order valence-electron chi connectivity index (χ4n) is 4.60. The molecule has 2 aliphatic rings. The molecule has 2 heterocycles. The summed E-state index contributed by atoms with van der Waals surface area (Å²) in [6.07, 6.45) is 10.3. The Morgan fingerprint density at radius 1 is 1.13 bits per heavy atom. The van der Waals surface area contributed by atoms with Gasteiger partial charge in [0.05, 0.1) is 12.0 Å². The lowest BCUT2D eigenvalue weighted by Crippen LogP contribution is -2.40. The second kappa shape index (κ2) is 9.78. The Morgan fingerprint density at radius 2 is 1.84 bits per heavy atom. The van der Waals surface area contributed by atoms with Crippen LogP contribution >= 0.6 is 24.4 Å². The van der Waals surface area contributed by atoms with E-state index < -0.39 is 0 Å². The number of benzene rings is 1. The molecular formula is C25H31NO3S2. The first-order chi connectivity index (χ1) is 15.0. The van der Waals surface area contributed by atoms with E-state index in [0.717, 1.165) is 41.0 Å². The van der Waals surface area contributed by atoms with Gasteiger partial charge in [0.25, 0.3) is 5.91 Å². The topological polar surface area (TPSA) is 42.7 Å². The van der Waals surface area contributed by atoms with Gasteiger partial charge in [-0.2, -0.15) is 0 Å². The summed E-state index contributed by atoms with van der Waals surface area (Å²) in [6.45, 7) is 4.07. The number of furan rings is 1. The predicted molar refractivity (Wildman–Crippen MR) is 131 cm³/mol. The van der Waals surface area contributed by atoms with E-state index >= 15 is 0 Å². The van der Waals surface area contributed by atoms with Crippen LogP contribution in [-0.2, 0) is 4.79 Å². The van der Waals surface area contributed by atoms with Crippen molar-refractivity contribution in [2.24, 2.45) is 0 Å². The molecule has 0 spiro atoms. The molecule has 0 radical (unpaired) electrons. The van der Waals surface area contributed by atoms with Crippen LogP contribution in [0.5, 0.6) is 5.75 Å². The number of aryl methyl sites for hydroxylation is 1. The molecule has 4 nitrogen and oxygen atoms in total. The van der Waals surface area contributed by atoms with Gasteiger partial charge < -0.3 is 14.1 Å². The summed E-state index contributed by atoms with van der Waals surface area (Å²) in [5.41, 5.74) is 3.16. The molecule has 1 saturated heterocycles. The average molecular weight is 458 g/mol. The van der Waals surface area contributed by atoms with E-state index in [9.17, 15) is 4.79 Å². The maximum Gasteiger partial charge on any atom is 0.262 e. The van der Waals surface area contributed by atoms with E-state index in [1.165, 1.54) is 43.9 Å². The van der Waals surface area contributed by atoms with E-state index in [4.69, 9.17) is 21.8 Å². The van der Waals surface area contributed by atoms with Gasteiger partial charge in [0, 0.05) is 23.2 Å². The first-order valence-corrected chi connectivity index (χ1v) is 12.5. The monoisotopic (exact) mass is 457 g/mol. The van der Waals surface area contributed by atoms with Crippen LogP contribution in [0.1, 0.15) is 61.8 Å². The van der Waals surface area contributed by atoms with E-state index in [0.29, 0.717) is 16.7 Å². The average Bonchev–Trinajstić information content (AvgIpc) is 3.28. The Morgan fingerprint density at radius 3 is 2.55 bits per heavy atom. The van der Waals surface area contributed by atoms with Gasteiger partial charge in [0.2, 0.25) is 0 Å². The molecule has 1 aromatic heterocycles. The molecule has 6 heteroatoms. The lowest BCUT2D eigenvalue weighted by Gasteiger charge is -2.31. The van der Waals surface area contributed by atoms with Gasteiger partial charge in [-0.15, -0.1) is 12.6 Å². The van der Waals surface area contributed by atoms with Crippen molar-refractivity contribution in [3.63, 3.8) is 0 Å². The number of thiol groups is 1. The van der Waals surface area contributed by atoms with Gasteiger partial charge in [0.15, 0.2) is 0 Å². The van der Waals surface area contributed by atoms with Crippen molar-refractivity contribution in [1.82, 2.24) is 4.90 Å². The molecule has 1 saturated carbocycles. The molecule has 1 aliphatic carbocycles. The van der Waals surface area contributed by atoms with Crippen molar-refractivity contribution in [1.29, 1.82) is 0 Å². The van der Waals surface area contributed by atoms with Crippen molar-refractivity contribution in [3.05, 3.63) is 46.1 Å². The number of carbonyl (C=O) groups excluding carboxylic acids is 1. The van der Waals surface area contributed by atoms with Gasteiger partial charge in [0.1, 0.15) is 22.0 Å². The largest absolute Gasteiger partial charge is 0.496 e. The molecule has 2 fully saturated rings. The maximum absolute atomic E-state index is 13.2. The summed E-state index contributed by atoms with van der Waals surface area (Å²) in [7, 11) is 1.68. The number of hydrogen-bond donors (Lipinski definition) is 1. The van der Waals surface area contributed by atoms with Crippen LogP contribution in [0.3, 0.4) is 0 Å². The normalized spacial score (nSPS) is 22.1. The van der Waals surface area contributed by atoms with Crippen LogP contribution < -0.4 is 4.74 Å². The highest BCUT2D eigenvalue weighted by molar-refractivity contribution is 8.14. The summed E-state index contributed by atoms with van der Waals surface area (Å²) in [4.78, 5) is 15.9. The number of thioether (sulfide) groups is 1. The number of nitrogens with zero attached hydrogens (tertiary/aromatic N) is 1.